The maximum absolute atomic E-state index is 10.9. The fourth-order valence-corrected chi connectivity index (χ4v) is 0. The van der Waals surface area contributed by atoms with Gasteiger partial charge in [0.05, 0.1) is 0 Å². The second-order valence-corrected chi connectivity index (χ2v) is 1.39. The fraction of sp³-hybridized carbons (Fsp3) is 0.333. The molecule has 0 bridgehead atoms. The lowest BCUT2D eigenvalue weighted by molar-refractivity contribution is 0.585. The molecule has 0 unspecified atom stereocenters. The Bertz CT molecular complexity index is 102. The summed E-state index contributed by atoms with van der Waals surface area (Å²) in [6, 6.07) is 0. The Balaban J connectivity index is 0. The highest BCUT2D eigenvalue weighted by Gasteiger charge is 1.71. The third-order valence-corrected chi connectivity index (χ3v) is 0.301. The Hall–Kier alpha value is -0.800. The second kappa shape index (κ2) is 8.20. The van der Waals surface area contributed by atoms with E-state index in [1.807, 2.05) is 0 Å². The van der Waals surface area contributed by atoms with Gasteiger partial charge in [-0.2, -0.15) is 0 Å². The van der Waals surface area contributed by atoms with E-state index >= 15 is 0 Å². The van der Waals surface area contributed by atoms with E-state index in [9.17, 15) is 17.6 Å². The average Bonchev–Trinajstić information content (AvgIpc) is 1.89. The Morgan fingerprint density at radius 1 is 0.900 bits per heavy atom. The van der Waals surface area contributed by atoms with E-state index in [0.717, 1.165) is 13.8 Å². The molecule has 0 atom stereocenters. The molecule has 0 spiro atoms. The van der Waals surface area contributed by atoms with E-state index in [4.69, 9.17) is 0 Å². The molecule has 0 rings (SSSR count). The molecule has 4 heteroatoms. The Labute approximate surface area is 56.9 Å². The van der Waals surface area contributed by atoms with E-state index in [-0.39, 0.29) is 12.7 Å². The molecule has 0 saturated heterocycles. The summed E-state index contributed by atoms with van der Waals surface area (Å²) in [4.78, 5) is 0. The highest BCUT2D eigenvalue weighted by Crippen LogP contribution is 1.89. The molecule has 0 aliphatic carbocycles. The molecule has 0 aromatic carbocycles. The van der Waals surface area contributed by atoms with Crippen molar-refractivity contribution in [3.63, 3.8) is 0 Å². The fourth-order valence-electron chi connectivity index (χ4n) is 0. The molecule has 0 N–H and O–H groups in total. The molecule has 0 aromatic rings. The molecule has 0 aliphatic heterocycles. The first kappa shape index (κ1) is 11.9. The first-order valence-corrected chi connectivity index (χ1v) is 2.39. The second-order valence-electron chi connectivity index (χ2n) is 1.39. The van der Waals surface area contributed by atoms with Crippen LogP contribution in [-0.4, -0.2) is 0 Å². The normalized spacial score (nSPS) is 12.2. The van der Waals surface area contributed by atoms with Crippen molar-refractivity contribution in [2.45, 2.75) is 13.8 Å². The van der Waals surface area contributed by atoms with Gasteiger partial charge in [0, 0.05) is 0 Å². The summed E-state index contributed by atoms with van der Waals surface area (Å²) >= 11 is 0. The molecule has 60 valence electrons. The zero-order chi connectivity index (χ0) is 8.57. The molecule has 0 fully saturated rings. The van der Waals surface area contributed by atoms with Crippen molar-refractivity contribution in [2.75, 3.05) is 0 Å². The van der Waals surface area contributed by atoms with Crippen molar-refractivity contribution >= 4 is 0 Å². The highest BCUT2D eigenvalue weighted by molar-refractivity contribution is 4.76. The van der Waals surface area contributed by atoms with Crippen LogP contribution in [0.5, 0.6) is 0 Å². The SMILES string of the molecule is CC(F)=CF.CC(F)=CF. The van der Waals surface area contributed by atoms with Crippen LogP contribution in [0.3, 0.4) is 0 Å². The minimum absolute atomic E-state index is 0.0833. The van der Waals surface area contributed by atoms with E-state index in [1.165, 1.54) is 0 Å². The zero-order valence-electron chi connectivity index (χ0n) is 5.67. The van der Waals surface area contributed by atoms with Crippen molar-refractivity contribution < 1.29 is 17.6 Å². The molecule has 0 aromatic heterocycles. The van der Waals surface area contributed by atoms with Crippen molar-refractivity contribution in [2.24, 2.45) is 0 Å². The largest absolute Gasteiger partial charge is 0.213 e. The van der Waals surface area contributed by atoms with Crippen LogP contribution in [0.15, 0.2) is 24.3 Å². The van der Waals surface area contributed by atoms with Crippen molar-refractivity contribution in [1.82, 2.24) is 0 Å². The smallest absolute Gasteiger partial charge is 0.125 e. The monoisotopic (exact) mass is 156 g/mol. The average molecular weight is 156 g/mol. The standard InChI is InChI=1S/2C3H4F2/c2*1-3(5)2-4/h2*2H,1H3. The predicted octanol–water partition coefficient (Wildman–Crippen LogP) is 3.57. The van der Waals surface area contributed by atoms with Gasteiger partial charge in [-0.1, -0.05) is 0 Å². The van der Waals surface area contributed by atoms with Crippen molar-refractivity contribution in [1.29, 1.82) is 0 Å². The summed E-state index contributed by atoms with van der Waals surface area (Å²) in [7, 11) is 0. The summed E-state index contributed by atoms with van der Waals surface area (Å²) in [5, 5.41) is 0. The molecule has 0 amide bonds. The summed E-state index contributed by atoms with van der Waals surface area (Å²) in [5.41, 5.74) is 0. The van der Waals surface area contributed by atoms with Crippen LogP contribution in [0.4, 0.5) is 17.6 Å². The van der Waals surface area contributed by atoms with Gasteiger partial charge in [0.2, 0.25) is 0 Å². The number of halogens is 4. The van der Waals surface area contributed by atoms with Crippen molar-refractivity contribution in [3.05, 3.63) is 24.3 Å². The molecule has 0 radical (unpaired) electrons. The van der Waals surface area contributed by atoms with Crippen molar-refractivity contribution in [3.8, 4) is 0 Å². The van der Waals surface area contributed by atoms with Crippen LogP contribution >= 0.6 is 0 Å². The maximum atomic E-state index is 10.9. The van der Waals surface area contributed by atoms with Crippen LogP contribution < -0.4 is 0 Å². The van der Waals surface area contributed by atoms with Gasteiger partial charge in [-0.05, 0) is 13.8 Å². The van der Waals surface area contributed by atoms with E-state index in [2.05, 4.69) is 0 Å². The molecule has 0 saturated carbocycles. The number of hydrogen-bond donors (Lipinski definition) is 0. The Morgan fingerprint density at radius 3 is 1.00 bits per heavy atom. The van der Waals surface area contributed by atoms with Gasteiger partial charge in [0.25, 0.3) is 0 Å². The van der Waals surface area contributed by atoms with Crippen LogP contribution in [0.25, 0.3) is 0 Å². The van der Waals surface area contributed by atoms with Crippen LogP contribution in [0, 0.1) is 0 Å². The lowest BCUT2D eigenvalue weighted by Gasteiger charge is -1.65. The van der Waals surface area contributed by atoms with Gasteiger partial charge < -0.3 is 0 Å². The number of rotatable bonds is 0. The van der Waals surface area contributed by atoms with Gasteiger partial charge in [-0.25, -0.2) is 17.6 Å². The zero-order valence-corrected chi connectivity index (χ0v) is 5.67. The van der Waals surface area contributed by atoms with E-state index in [0.29, 0.717) is 0 Å². The third-order valence-electron chi connectivity index (χ3n) is 0.301. The Kier molecular flexibility index (Phi) is 9.79. The van der Waals surface area contributed by atoms with Crippen LogP contribution in [0.2, 0.25) is 0 Å². The topological polar surface area (TPSA) is 0 Å². The third kappa shape index (κ3) is 27.0. The van der Waals surface area contributed by atoms with Crippen LogP contribution in [-0.2, 0) is 0 Å². The van der Waals surface area contributed by atoms with Gasteiger partial charge in [0.1, 0.15) is 24.3 Å². The Morgan fingerprint density at radius 2 is 1.00 bits per heavy atom. The van der Waals surface area contributed by atoms with E-state index in [1.54, 1.807) is 0 Å². The number of allylic oxidation sites excluding steroid dienone is 2. The van der Waals surface area contributed by atoms with Gasteiger partial charge in [0.15, 0.2) is 0 Å². The summed E-state index contributed by atoms with van der Waals surface area (Å²) < 4.78 is 43.0. The molecule has 0 aliphatic rings. The van der Waals surface area contributed by atoms with E-state index < -0.39 is 11.7 Å². The minimum Gasteiger partial charge on any atom is -0.213 e. The maximum Gasteiger partial charge on any atom is 0.125 e. The summed E-state index contributed by atoms with van der Waals surface area (Å²) in [6.07, 6.45) is -0.167. The molecule has 0 heterocycles. The summed E-state index contributed by atoms with van der Waals surface area (Å²) in [5.74, 6) is -1.57. The quantitative estimate of drug-likeness (QED) is 0.470. The molecular formula is C6H8F4. The van der Waals surface area contributed by atoms with Crippen LogP contribution in [0.1, 0.15) is 13.8 Å². The molecule has 0 nitrogen and oxygen atoms in total. The van der Waals surface area contributed by atoms with Gasteiger partial charge >= 0.3 is 0 Å². The van der Waals surface area contributed by atoms with Gasteiger partial charge in [-0.3, -0.25) is 0 Å². The number of hydrogen-bond acceptors (Lipinski definition) is 0. The summed E-state index contributed by atoms with van der Waals surface area (Å²) in [6.45, 7) is 2.08. The molecular weight excluding hydrogens is 148 g/mol. The molecule has 10 heavy (non-hydrogen) atoms. The lowest BCUT2D eigenvalue weighted by Crippen LogP contribution is -1.46. The van der Waals surface area contributed by atoms with Gasteiger partial charge in [-0.15, -0.1) is 0 Å². The predicted molar refractivity (Wildman–Crippen MR) is 31.9 cm³/mol. The highest BCUT2D eigenvalue weighted by atomic mass is 19.2. The first-order valence-electron chi connectivity index (χ1n) is 2.39. The lowest BCUT2D eigenvalue weighted by atomic mass is 10.7. The first-order chi connectivity index (χ1) is 4.54. The minimum atomic E-state index is -0.787.